The number of hydrogen-bond donors (Lipinski definition) is 0. The quantitative estimate of drug-likeness (QED) is 0.515. The van der Waals surface area contributed by atoms with Crippen molar-refractivity contribution in [1.29, 1.82) is 0 Å². The van der Waals surface area contributed by atoms with Gasteiger partial charge in [-0.15, -0.1) is 0 Å². The highest BCUT2D eigenvalue weighted by atomic mass is 79.9. The third-order valence-corrected chi connectivity index (χ3v) is 6.48. The summed E-state index contributed by atoms with van der Waals surface area (Å²) in [6, 6.07) is 18.8. The van der Waals surface area contributed by atoms with E-state index < -0.39 is 0 Å². The summed E-state index contributed by atoms with van der Waals surface area (Å²) in [5.74, 6) is 1.34. The minimum absolute atomic E-state index is 0.0204. The molecule has 0 saturated carbocycles. The molecule has 2 aromatic rings. The van der Waals surface area contributed by atoms with Gasteiger partial charge in [0.1, 0.15) is 12.4 Å². The van der Waals surface area contributed by atoms with Gasteiger partial charge in [0.2, 0.25) is 0 Å². The first-order valence-corrected chi connectivity index (χ1v) is 10.9. The Bertz CT molecular complexity index is 835. The average Bonchev–Trinajstić information content (AvgIpc) is 3.26. The molecule has 0 amide bonds. The normalized spacial score (nSPS) is 26.9. The van der Waals surface area contributed by atoms with Gasteiger partial charge in [0.05, 0.1) is 6.10 Å². The third-order valence-electron chi connectivity index (χ3n) is 5.99. The molecular weight excluding hydrogens is 412 g/mol. The van der Waals surface area contributed by atoms with E-state index in [4.69, 9.17) is 9.47 Å². The molecule has 1 fully saturated rings. The molecule has 2 aliphatic rings. The van der Waals surface area contributed by atoms with E-state index in [0.717, 1.165) is 36.1 Å². The highest BCUT2D eigenvalue weighted by Gasteiger charge is 2.42. The maximum atomic E-state index is 6.09. The van der Waals surface area contributed by atoms with E-state index in [1.165, 1.54) is 11.1 Å². The molecule has 28 heavy (non-hydrogen) atoms. The van der Waals surface area contributed by atoms with Crippen molar-refractivity contribution in [2.45, 2.75) is 38.9 Å². The molecule has 3 unspecified atom stereocenters. The van der Waals surface area contributed by atoms with Crippen LogP contribution in [0.2, 0.25) is 0 Å². The van der Waals surface area contributed by atoms with Crippen LogP contribution in [-0.4, -0.2) is 12.7 Å². The second-order valence-corrected chi connectivity index (χ2v) is 8.90. The van der Waals surface area contributed by atoms with Gasteiger partial charge in [-0.1, -0.05) is 83.5 Å². The molecule has 0 aromatic heterocycles. The fraction of sp³-hybridized carbons (Fsp3) is 0.360. The molecule has 0 spiro atoms. The minimum atomic E-state index is 0.0204. The zero-order chi connectivity index (χ0) is 19.4. The smallest absolute Gasteiger partial charge is 0.119 e. The minimum Gasteiger partial charge on any atom is -0.489 e. The number of ether oxygens (including phenoxy) is 2. The number of halogens is 1. The molecule has 1 saturated heterocycles. The van der Waals surface area contributed by atoms with Crippen LogP contribution < -0.4 is 4.74 Å². The summed E-state index contributed by atoms with van der Waals surface area (Å²) in [5, 5.41) is 0. The van der Waals surface area contributed by atoms with Crippen LogP contribution in [0.3, 0.4) is 0 Å². The lowest BCUT2D eigenvalue weighted by molar-refractivity contribution is 0.0125. The Labute approximate surface area is 176 Å². The summed E-state index contributed by atoms with van der Waals surface area (Å²) in [6.07, 6.45) is 10.5. The van der Waals surface area contributed by atoms with E-state index in [0.29, 0.717) is 18.6 Å². The monoisotopic (exact) mass is 438 g/mol. The van der Waals surface area contributed by atoms with Gasteiger partial charge >= 0.3 is 0 Å². The average molecular weight is 439 g/mol. The van der Waals surface area contributed by atoms with E-state index in [1.54, 1.807) is 0 Å². The molecule has 3 heteroatoms. The summed E-state index contributed by atoms with van der Waals surface area (Å²) in [5.41, 5.74) is 2.54. The maximum Gasteiger partial charge on any atom is 0.119 e. The Morgan fingerprint density at radius 2 is 1.86 bits per heavy atom. The first kappa shape index (κ1) is 19.5. The topological polar surface area (TPSA) is 18.5 Å². The van der Waals surface area contributed by atoms with Crippen LogP contribution in [0.15, 0.2) is 77.3 Å². The zero-order valence-electron chi connectivity index (χ0n) is 16.3. The molecule has 2 nitrogen and oxygen atoms in total. The fourth-order valence-corrected chi connectivity index (χ4v) is 4.92. The Morgan fingerprint density at radius 1 is 1.07 bits per heavy atom. The Balaban J connectivity index is 1.42. The number of rotatable bonds is 6. The van der Waals surface area contributed by atoms with Crippen molar-refractivity contribution in [1.82, 2.24) is 0 Å². The van der Waals surface area contributed by atoms with Crippen LogP contribution in [0.1, 0.15) is 30.9 Å². The lowest BCUT2D eigenvalue weighted by atomic mass is 9.67. The Morgan fingerprint density at radius 3 is 2.57 bits per heavy atom. The predicted octanol–water partition coefficient (Wildman–Crippen LogP) is 6.46. The van der Waals surface area contributed by atoms with Gasteiger partial charge in [-0.3, -0.25) is 0 Å². The molecule has 1 heterocycles. The van der Waals surface area contributed by atoms with Crippen LogP contribution in [0.25, 0.3) is 0 Å². The maximum absolute atomic E-state index is 6.09. The van der Waals surface area contributed by atoms with Crippen LogP contribution in [-0.2, 0) is 17.8 Å². The number of allylic oxidation sites excluding steroid dienone is 3. The lowest BCUT2D eigenvalue weighted by Gasteiger charge is -2.40. The first-order chi connectivity index (χ1) is 13.6. The van der Waals surface area contributed by atoms with Gasteiger partial charge in [-0.25, -0.2) is 0 Å². The van der Waals surface area contributed by atoms with Crippen molar-refractivity contribution in [3.8, 4) is 5.75 Å². The molecular formula is C25H27BrO2. The zero-order valence-corrected chi connectivity index (χ0v) is 17.9. The second kappa shape index (κ2) is 8.67. The standard InChI is InChI=1S/C25H27BrO2/c1-25(24-8-5-15-27-24)17-22(26)12-11-21(25)16-19-9-13-23(14-10-19)28-18-20-6-3-2-4-7-20/h2-4,6-7,9-14,17,21,24H,5,8,15-16,18H2,1H3. The van der Waals surface area contributed by atoms with E-state index in [1.807, 2.05) is 18.2 Å². The molecule has 2 aromatic carbocycles. The lowest BCUT2D eigenvalue weighted by Crippen LogP contribution is -2.39. The molecule has 0 N–H and O–H groups in total. The van der Waals surface area contributed by atoms with Crippen LogP contribution in [0.5, 0.6) is 5.75 Å². The molecule has 146 valence electrons. The fourth-order valence-electron chi connectivity index (χ4n) is 4.27. The summed E-state index contributed by atoms with van der Waals surface area (Å²) in [6.45, 7) is 3.83. The van der Waals surface area contributed by atoms with Crippen molar-refractivity contribution in [2.24, 2.45) is 11.3 Å². The largest absolute Gasteiger partial charge is 0.489 e. The highest BCUT2D eigenvalue weighted by molar-refractivity contribution is 9.11. The van der Waals surface area contributed by atoms with Crippen molar-refractivity contribution < 1.29 is 9.47 Å². The number of benzene rings is 2. The summed E-state index contributed by atoms with van der Waals surface area (Å²) < 4.78 is 13.2. The van der Waals surface area contributed by atoms with Crippen molar-refractivity contribution >= 4 is 15.9 Å². The van der Waals surface area contributed by atoms with Gasteiger partial charge in [0.25, 0.3) is 0 Å². The SMILES string of the molecule is CC1(C2CCCO2)C=C(Br)C=CC1Cc1ccc(OCc2ccccc2)cc1. The van der Waals surface area contributed by atoms with E-state index >= 15 is 0 Å². The molecule has 4 rings (SSSR count). The van der Waals surface area contributed by atoms with Crippen LogP contribution in [0.4, 0.5) is 0 Å². The summed E-state index contributed by atoms with van der Waals surface area (Å²) in [7, 11) is 0. The van der Waals surface area contributed by atoms with Gasteiger partial charge in [-0.05, 0) is 48.4 Å². The Kier molecular flexibility index (Phi) is 6.03. The first-order valence-electron chi connectivity index (χ1n) is 10.1. The van der Waals surface area contributed by atoms with E-state index in [-0.39, 0.29) is 5.41 Å². The predicted molar refractivity (Wildman–Crippen MR) is 118 cm³/mol. The van der Waals surface area contributed by atoms with Gasteiger partial charge < -0.3 is 9.47 Å². The highest BCUT2D eigenvalue weighted by Crippen LogP contribution is 2.45. The Hall–Kier alpha value is -1.84. The van der Waals surface area contributed by atoms with Crippen molar-refractivity contribution in [3.63, 3.8) is 0 Å². The second-order valence-electron chi connectivity index (χ2n) is 7.98. The molecule has 1 aliphatic carbocycles. The van der Waals surface area contributed by atoms with Crippen molar-refractivity contribution in [3.05, 3.63) is 88.4 Å². The van der Waals surface area contributed by atoms with Crippen LogP contribution >= 0.6 is 15.9 Å². The molecule has 1 aliphatic heterocycles. The van der Waals surface area contributed by atoms with E-state index in [2.05, 4.69) is 77.5 Å². The van der Waals surface area contributed by atoms with Gasteiger partial charge in [0.15, 0.2) is 0 Å². The summed E-state index contributed by atoms with van der Waals surface area (Å²) >= 11 is 3.67. The third kappa shape index (κ3) is 4.42. The van der Waals surface area contributed by atoms with E-state index in [9.17, 15) is 0 Å². The summed E-state index contributed by atoms with van der Waals surface area (Å²) in [4.78, 5) is 0. The van der Waals surface area contributed by atoms with Gasteiger partial charge in [0, 0.05) is 16.5 Å². The van der Waals surface area contributed by atoms with Crippen LogP contribution in [0, 0.1) is 11.3 Å². The molecule has 0 radical (unpaired) electrons. The number of hydrogen-bond acceptors (Lipinski definition) is 2. The van der Waals surface area contributed by atoms with Crippen molar-refractivity contribution in [2.75, 3.05) is 6.61 Å². The molecule has 3 atom stereocenters. The van der Waals surface area contributed by atoms with Gasteiger partial charge in [-0.2, -0.15) is 0 Å². The molecule has 0 bridgehead atoms.